The highest BCUT2D eigenvalue weighted by Crippen LogP contribution is 2.49. The molecule has 0 spiro atoms. The van der Waals surface area contributed by atoms with Crippen molar-refractivity contribution in [3.05, 3.63) is 87.5 Å². The molecule has 4 heteroatoms. The Kier molecular flexibility index (Phi) is 3.96. The van der Waals surface area contributed by atoms with Crippen LogP contribution in [0.5, 0.6) is 11.5 Å². The van der Waals surface area contributed by atoms with Gasteiger partial charge in [-0.3, -0.25) is 4.79 Å². The summed E-state index contributed by atoms with van der Waals surface area (Å²) in [6, 6.07) is 15.2. The number of carbonyl (C=O) groups is 1. The van der Waals surface area contributed by atoms with Gasteiger partial charge in [-0.1, -0.05) is 42.5 Å². The van der Waals surface area contributed by atoms with Gasteiger partial charge in [-0.2, -0.15) is 0 Å². The van der Waals surface area contributed by atoms with Gasteiger partial charge in [0.05, 0.1) is 0 Å². The SMILES string of the molecule is Cc1cc(C2(c3cc(C)c(O)c(C)c3)C(=O)Nc3ccccc32)cc(C)c1O. The van der Waals surface area contributed by atoms with Crippen LogP contribution in [0.3, 0.4) is 0 Å². The van der Waals surface area contributed by atoms with Crippen molar-refractivity contribution in [1.82, 2.24) is 0 Å². The van der Waals surface area contributed by atoms with Crippen LogP contribution in [0.15, 0.2) is 48.5 Å². The van der Waals surface area contributed by atoms with E-state index in [9.17, 15) is 15.0 Å². The maximum atomic E-state index is 13.5. The minimum Gasteiger partial charge on any atom is -0.507 e. The molecular formula is C24H23NO3. The smallest absolute Gasteiger partial charge is 0.244 e. The second kappa shape index (κ2) is 6.13. The minimum absolute atomic E-state index is 0.136. The average Bonchev–Trinajstić information content (AvgIpc) is 2.96. The number of carbonyl (C=O) groups excluding carboxylic acids is 1. The zero-order chi connectivity index (χ0) is 20.2. The Hall–Kier alpha value is -3.27. The Morgan fingerprint density at radius 2 is 1.18 bits per heavy atom. The summed E-state index contributed by atoms with van der Waals surface area (Å²) in [5.41, 5.74) is 5.08. The summed E-state index contributed by atoms with van der Waals surface area (Å²) in [5.74, 6) is 0.343. The molecule has 0 radical (unpaired) electrons. The standard InChI is InChI=1S/C24H23NO3/c1-13-9-17(10-14(2)21(13)26)24(18-11-15(3)22(27)16(4)12-18)19-7-5-6-8-20(19)25-23(24)28/h5-12,26-27H,1-4H3,(H,25,28). The molecule has 1 heterocycles. The van der Waals surface area contributed by atoms with Gasteiger partial charge >= 0.3 is 0 Å². The van der Waals surface area contributed by atoms with Crippen LogP contribution in [0.2, 0.25) is 0 Å². The molecule has 0 unspecified atom stereocenters. The number of rotatable bonds is 2. The first-order chi connectivity index (χ1) is 13.3. The lowest BCUT2D eigenvalue weighted by atomic mass is 9.69. The molecule has 1 amide bonds. The molecule has 4 rings (SSSR count). The van der Waals surface area contributed by atoms with Gasteiger partial charge in [-0.05, 0) is 67.1 Å². The number of aryl methyl sites for hydroxylation is 4. The number of phenols is 2. The van der Waals surface area contributed by atoms with Crippen LogP contribution in [-0.4, -0.2) is 16.1 Å². The van der Waals surface area contributed by atoms with Crippen molar-refractivity contribution in [2.24, 2.45) is 0 Å². The number of fused-ring (bicyclic) bond motifs is 1. The molecule has 0 saturated carbocycles. The first kappa shape index (κ1) is 18.1. The third-order valence-electron chi connectivity index (χ3n) is 5.77. The van der Waals surface area contributed by atoms with E-state index in [2.05, 4.69) is 5.32 Å². The van der Waals surface area contributed by atoms with Gasteiger partial charge in [-0.25, -0.2) is 0 Å². The summed E-state index contributed by atoms with van der Waals surface area (Å²) in [6.07, 6.45) is 0. The van der Waals surface area contributed by atoms with Crippen molar-refractivity contribution >= 4 is 11.6 Å². The van der Waals surface area contributed by atoms with Gasteiger partial charge in [-0.15, -0.1) is 0 Å². The zero-order valence-electron chi connectivity index (χ0n) is 16.4. The highest BCUT2D eigenvalue weighted by atomic mass is 16.3. The number of nitrogens with one attached hydrogen (secondary N) is 1. The molecule has 0 saturated heterocycles. The van der Waals surface area contributed by atoms with Crippen molar-refractivity contribution in [3.63, 3.8) is 0 Å². The van der Waals surface area contributed by atoms with E-state index < -0.39 is 5.41 Å². The van der Waals surface area contributed by atoms with E-state index in [-0.39, 0.29) is 17.4 Å². The fraction of sp³-hybridized carbons (Fsp3) is 0.208. The lowest BCUT2D eigenvalue weighted by molar-refractivity contribution is -0.118. The van der Waals surface area contributed by atoms with E-state index in [4.69, 9.17) is 0 Å². The van der Waals surface area contributed by atoms with Gasteiger partial charge in [0.25, 0.3) is 0 Å². The topological polar surface area (TPSA) is 69.6 Å². The lowest BCUT2D eigenvalue weighted by Crippen LogP contribution is -2.37. The van der Waals surface area contributed by atoms with Gasteiger partial charge in [0, 0.05) is 11.3 Å². The van der Waals surface area contributed by atoms with Gasteiger partial charge in [0.15, 0.2) is 0 Å². The fourth-order valence-corrected chi connectivity index (χ4v) is 4.34. The first-order valence-electron chi connectivity index (χ1n) is 9.29. The Labute approximate surface area is 164 Å². The van der Waals surface area contributed by atoms with Crippen molar-refractivity contribution in [1.29, 1.82) is 0 Å². The molecule has 1 aliphatic heterocycles. The van der Waals surface area contributed by atoms with E-state index in [1.165, 1.54) is 0 Å². The van der Waals surface area contributed by atoms with Gasteiger partial charge < -0.3 is 15.5 Å². The van der Waals surface area contributed by atoms with Crippen molar-refractivity contribution in [2.45, 2.75) is 33.1 Å². The molecule has 142 valence electrons. The molecule has 3 N–H and O–H groups in total. The molecule has 0 bridgehead atoms. The highest BCUT2D eigenvalue weighted by Gasteiger charge is 2.50. The Morgan fingerprint density at radius 3 is 1.64 bits per heavy atom. The van der Waals surface area contributed by atoms with Crippen LogP contribution in [0.25, 0.3) is 0 Å². The molecule has 0 aromatic heterocycles. The van der Waals surface area contributed by atoms with E-state index in [0.29, 0.717) is 0 Å². The third-order valence-corrected chi connectivity index (χ3v) is 5.77. The molecule has 28 heavy (non-hydrogen) atoms. The molecule has 0 fully saturated rings. The molecule has 3 aromatic carbocycles. The maximum absolute atomic E-state index is 13.5. The fourth-order valence-electron chi connectivity index (χ4n) is 4.34. The van der Waals surface area contributed by atoms with Crippen LogP contribution in [0, 0.1) is 27.7 Å². The molecule has 0 aliphatic carbocycles. The number of hydrogen-bond donors (Lipinski definition) is 3. The Morgan fingerprint density at radius 1 is 0.750 bits per heavy atom. The maximum Gasteiger partial charge on any atom is 0.244 e. The number of phenolic OH excluding ortho intramolecular Hbond substituents is 2. The summed E-state index contributed by atoms with van der Waals surface area (Å²) in [6.45, 7) is 7.36. The van der Waals surface area contributed by atoms with Crippen molar-refractivity contribution in [3.8, 4) is 11.5 Å². The monoisotopic (exact) mass is 373 g/mol. The largest absolute Gasteiger partial charge is 0.507 e. The van der Waals surface area contributed by atoms with E-state index >= 15 is 0 Å². The van der Waals surface area contributed by atoms with E-state index in [0.717, 1.165) is 44.6 Å². The number of anilines is 1. The average molecular weight is 373 g/mol. The zero-order valence-corrected chi connectivity index (χ0v) is 16.4. The number of aromatic hydroxyl groups is 2. The third kappa shape index (κ3) is 2.34. The lowest BCUT2D eigenvalue weighted by Gasteiger charge is -2.31. The van der Waals surface area contributed by atoms with Crippen LogP contribution in [0.4, 0.5) is 5.69 Å². The number of hydrogen-bond acceptors (Lipinski definition) is 3. The van der Waals surface area contributed by atoms with E-state index in [1.807, 2.05) is 76.2 Å². The molecular weight excluding hydrogens is 350 g/mol. The number of para-hydroxylation sites is 1. The second-order valence-corrected chi connectivity index (χ2v) is 7.67. The normalized spacial score (nSPS) is 14.6. The van der Waals surface area contributed by atoms with Crippen molar-refractivity contribution < 1.29 is 15.0 Å². The molecule has 3 aromatic rings. The summed E-state index contributed by atoms with van der Waals surface area (Å²) in [7, 11) is 0. The molecule has 0 atom stereocenters. The Bertz CT molecular complexity index is 1030. The molecule has 4 nitrogen and oxygen atoms in total. The summed E-state index contributed by atoms with van der Waals surface area (Å²) in [5, 5.41) is 23.6. The predicted molar refractivity (Wildman–Crippen MR) is 110 cm³/mol. The summed E-state index contributed by atoms with van der Waals surface area (Å²) < 4.78 is 0. The quantitative estimate of drug-likeness (QED) is 0.614. The van der Waals surface area contributed by atoms with Crippen LogP contribution < -0.4 is 5.32 Å². The van der Waals surface area contributed by atoms with Crippen molar-refractivity contribution in [2.75, 3.05) is 5.32 Å². The highest BCUT2D eigenvalue weighted by molar-refractivity contribution is 6.11. The predicted octanol–water partition coefficient (Wildman–Crippen LogP) is 4.62. The van der Waals surface area contributed by atoms with Crippen LogP contribution in [-0.2, 0) is 10.2 Å². The van der Waals surface area contributed by atoms with E-state index in [1.54, 1.807) is 0 Å². The Balaban J connectivity index is 2.14. The summed E-state index contributed by atoms with van der Waals surface area (Å²) in [4.78, 5) is 13.5. The van der Waals surface area contributed by atoms with Crippen LogP contribution >= 0.6 is 0 Å². The number of amides is 1. The summed E-state index contributed by atoms with van der Waals surface area (Å²) >= 11 is 0. The van der Waals surface area contributed by atoms with Crippen LogP contribution in [0.1, 0.15) is 38.9 Å². The van der Waals surface area contributed by atoms with Gasteiger partial charge in [0.1, 0.15) is 16.9 Å². The second-order valence-electron chi connectivity index (χ2n) is 7.67. The van der Waals surface area contributed by atoms with Gasteiger partial charge in [0.2, 0.25) is 5.91 Å². The number of benzene rings is 3. The first-order valence-corrected chi connectivity index (χ1v) is 9.29. The molecule has 1 aliphatic rings. The minimum atomic E-state index is -1.05.